The lowest BCUT2D eigenvalue weighted by molar-refractivity contribution is -0.136. The predicted octanol–water partition coefficient (Wildman–Crippen LogP) is 3.01. The number of aryl methyl sites for hydroxylation is 1. The molecule has 0 radical (unpaired) electrons. The highest BCUT2D eigenvalue weighted by atomic mass is 16.3. The van der Waals surface area contributed by atoms with E-state index in [4.69, 9.17) is 0 Å². The third kappa shape index (κ3) is 3.19. The van der Waals surface area contributed by atoms with Gasteiger partial charge in [0.25, 0.3) is 0 Å². The molecule has 4 rings (SSSR count). The van der Waals surface area contributed by atoms with Gasteiger partial charge in [0.1, 0.15) is 0 Å². The van der Waals surface area contributed by atoms with Crippen LogP contribution in [0, 0.1) is 0 Å². The second-order valence-electron chi connectivity index (χ2n) is 7.29. The largest absolute Gasteiger partial charge is 0.385 e. The molecule has 2 aromatic rings. The second-order valence-corrected chi connectivity index (χ2v) is 7.29. The summed E-state index contributed by atoms with van der Waals surface area (Å²) >= 11 is 0. The number of fused-ring (bicyclic) bond motifs is 1. The van der Waals surface area contributed by atoms with Crippen molar-refractivity contribution in [2.24, 2.45) is 0 Å². The van der Waals surface area contributed by atoms with E-state index in [0.29, 0.717) is 38.3 Å². The van der Waals surface area contributed by atoms with Gasteiger partial charge in [0.15, 0.2) is 0 Å². The summed E-state index contributed by atoms with van der Waals surface area (Å²) in [6, 6.07) is 12.2. The van der Waals surface area contributed by atoms with Gasteiger partial charge in [-0.05, 0) is 48.8 Å². The molecule has 1 amide bonds. The lowest BCUT2D eigenvalue weighted by Gasteiger charge is -2.38. The lowest BCUT2D eigenvalue weighted by Crippen LogP contribution is -2.45. The van der Waals surface area contributed by atoms with Crippen LogP contribution in [0.25, 0.3) is 0 Å². The Morgan fingerprint density at radius 3 is 2.76 bits per heavy atom. The molecule has 0 bridgehead atoms. The van der Waals surface area contributed by atoms with Gasteiger partial charge in [0.05, 0.1) is 5.60 Å². The first kappa shape index (κ1) is 16.3. The van der Waals surface area contributed by atoms with Crippen LogP contribution in [-0.2, 0) is 16.8 Å². The van der Waals surface area contributed by atoms with Gasteiger partial charge in [0.2, 0.25) is 5.91 Å². The van der Waals surface area contributed by atoms with E-state index < -0.39 is 5.60 Å². The summed E-state index contributed by atoms with van der Waals surface area (Å²) < 4.78 is 0. The Morgan fingerprint density at radius 2 is 2.00 bits per heavy atom. The fourth-order valence-electron chi connectivity index (χ4n) is 4.25. The van der Waals surface area contributed by atoms with E-state index in [9.17, 15) is 9.90 Å². The Morgan fingerprint density at radius 1 is 1.20 bits per heavy atom. The standard InChI is InChI=1S/C21H24N2O2/c24-20(14-17-8-7-16-4-1-2-6-19(16)17)23-12-9-21(25,10-13-23)18-5-3-11-22-15-18/h1-6,11,15,17,25H,7-10,12-14H2/t17-/m1/s1. The first-order chi connectivity index (χ1) is 12.2. The van der Waals surface area contributed by atoms with Crippen LogP contribution in [0.4, 0.5) is 0 Å². The molecule has 4 nitrogen and oxygen atoms in total. The smallest absolute Gasteiger partial charge is 0.223 e. The number of hydrogen-bond donors (Lipinski definition) is 1. The molecule has 1 aromatic carbocycles. The topological polar surface area (TPSA) is 53.4 Å². The summed E-state index contributed by atoms with van der Waals surface area (Å²) in [5.74, 6) is 0.567. The lowest BCUT2D eigenvalue weighted by atomic mass is 9.85. The summed E-state index contributed by atoms with van der Waals surface area (Å²) in [6.45, 7) is 1.22. The number of amides is 1. The van der Waals surface area contributed by atoms with Gasteiger partial charge in [-0.15, -0.1) is 0 Å². The number of pyridine rings is 1. The summed E-state index contributed by atoms with van der Waals surface area (Å²) in [5, 5.41) is 10.9. The van der Waals surface area contributed by atoms with Crippen LogP contribution in [0.3, 0.4) is 0 Å². The normalized spacial score (nSPS) is 21.8. The number of benzene rings is 1. The van der Waals surface area contributed by atoms with E-state index >= 15 is 0 Å². The molecule has 1 aliphatic carbocycles. The number of likely N-dealkylation sites (tertiary alicyclic amines) is 1. The molecule has 1 N–H and O–H groups in total. The molecule has 1 saturated heterocycles. The van der Waals surface area contributed by atoms with E-state index in [1.54, 1.807) is 12.4 Å². The molecule has 1 atom stereocenters. The number of hydrogen-bond acceptors (Lipinski definition) is 3. The highest BCUT2D eigenvalue weighted by Crippen LogP contribution is 2.37. The van der Waals surface area contributed by atoms with Gasteiger partial charge in [-0.3, -0.25) is 9.78 Å². The minimum atomic E-state index is -0.856. The van der Waals surface area contributed by atoms with E-state index in [0.717, 1.165) is 18.4 Å². The maximum Gasteiger partial charge on any atom is 0.223 e. The van der Waals surface area contributed by atoms with Crippen LogP contribution in [0.15, 0.2) is 48.8 Å². The van der Waals surface area contributed by atoms with E-state index in [1.165, 1.54) is 11.1 Å². The van der Waals surface area contributed by atoms with Gasteiger partial charge < -0.3 is 10.0 Å². The molecular weight excluding hydrogens is 312 g/mol. The van der Waals surface area contributed by atoms with Crippen molar-refractivity contribution in [2.75, 3.05) is 13.1 Å². The van der Waals surface area contributed by atoms with E-state index in [-0.39, 0.29) is 5.91 Å². The third-order valence-electron chi connectivity index (χ3n) is 5.82. The zero-order valence-corrected chi connectivity index (χ0v) is 14.4. The van der Waals surface area contributed by atoms with Crippen molar-refractivity contribution in [2.45, 2.75) is 43.6 Å². The van der Waals surface area contributed by atoms with E-state index in [1.807, 2.05) is 17.0 Å². The average molecular weight is 336 g/mol. The number of carbonyl (C=O) groups is 1. The second kappa shape index (κ2) is 6.60. The quantitative estimate of drug-likeness (QED) is 0.937. The fraction of sp³-hybridized carbons (Fsp3) is 0.429. The molecule has 0 saturated carbocycles. The molecule has 2 aliphatic rings. The third-order valence-corrected chi connectivity index (χ3v) is 5.82. The molecule has 130 valence electrons. The highest BCUT2D eigenvalue weighted by Gasteiger charge is 2.36. The van der Waals surface area contributed by atoms with Crippen LogP contribution in [0.2, 0.25) is 0 Å². The van der Waals surface area contributed by atoms with E-state index in [2.05, 4.69) is 29.2 Å². The van der Waals surface area contributed by atoms with Crippen molar-refractivity contribution >= 4 is 5.91 Å². The number of aliphatic hydroxyl groups is 1. The average Bonchev–Trinajstić information content (AvgIpc) is 3.06. The van der Waals surface area contributed by atoms with Gasteiger partial charge in [-0.25, -0.2) is 0 Å². The molecule has 25 heavy (non-hydrogen) atoms. The van der Waals surface area contributed by atoms with Crippen molar-refractivity contribution in [1.29, 1.82) is 0 Å². The van der Waals surface area contributed by atoms with Crippen LogP contribution in [0.1, 0.15) is 48.3 Å². The Labute approximate surface area is 148 Å². The van der Waals surface area contributed by atoms with Crippen LogP contribution < -0.4 is 0 Å². The summed E-state index contributed by atoms with van der Waals surface area (Å²) in [6.07, 6.45) is 7.32. The monoisotopic (exact) mass is 336 g/mol. The summed E-state index contributed by atoms with van der Waals surface area (Å²) in [7, 11) is 0. The molecule has 1 aromatic heterocycles. The number of nitrogens with zero attached hydrogens (tertiary/aromatic N) is 2. The highest BCUT2D eigenvalue weighted by molar-refractivity contribution is 5.77. The van der Waals surface area contributed by atoms with Gasteiger partial charge >= 0.3 is 0 Å². The molecular formula is C21H24N2O2. The van der Waals surface area contributed by atoms with Crippen molar-refractivity contribution in [3.8, 4) is 0 Å². The van der Waals surface area contributed by atoms with Crippen molar-refractivity contribution in [1.82, 2.24) is 9.88 Å². The number of piperidine rings is 1. The predicted molar refractivity (Wildman–Crippen MR) is 96.1 cm³/mol. The molecule has 0 spiro atoms. The van der Waals surface area contributed by atoms with Crippen LogP contribution in [0.5, 0.6) is 0 Å². The Balaban J connectivity index is 1.38. The van der Waals surface area contributed by atoms with Crippen molar-refractivity contribution in [3.63, 3.8) is 0 Å². The zero-order valence-electron chi connectivity index (χ0n) is 14.4. The number of carbonyl (C=O) groups excluding carboxylic acids is 1. The van der Waals surface area contributed by atoms with Crippen molar-refractivity contribution < 1.29 is 9.90 Å². The molecule has 0 unspecified atom stereocenters. The minimum absolute atomic E-state index is 0.218. The molecule has 2 heterocycles. The zero-order chi connectivity index (χ0) is 17.3. The van der Waals surface area contributed by atoms with Gasteiger partial charge in [-0.1, -0.05) is 30.3 Å². The summed E-state index contributed by atoms with van der Waals surface area (Å²) in [4.78, 5) is 18.8. The first-order valence-corrected chi connectivity index (χ1v) is 9.14. The maximum absolute atomic E-state index is 12.7. The molecule has 1 aliphatic heterocycles. The Bertz CT molecular complexity index is 752. The van der Waals surface area contributed by atoms with Gasteiger partial charge in [0, 0.05) is 37.5 Å². The Hall–Kier alpha value is -2.20. The maximum atomic E-state index is 12.7. The van der Waals surface area contributed by atoms with Crippen LogP contribution >= 0.6 is 0 Å². The van der Waals surface area contributed by atoms with Gasteiger partial charge in [-0.2, -0.15) is 0 Å². The number of rotatable bonds is 3. The fourth-order valence-corrected chi connectivity index (χ4v) is 4.25. The molecule has 1 fully saturated rings. The van der Waals surface area contributed by atoms with Crippen molar-refractivity contribution in [3.05, 3.63) is 65.5 Å². The molecule has 4 heteroatoms. The SMILES string of the molecule is O=C(C[C@H]1CCc2ccccc21)N1CCC(O)(c2cccnc2)CC1. The Kier molecular flexibility index (Phi) is 4.30. The first-order valence-electron chi connectivity index (χ1n) is 9.14. The minimum Gasteiger partial charge on any atom is -0.385 e. The number of aromatic nitrogens is 1. The summed E-state index contributed by atoms with van der Waals surface area (Å²) in [5.41, 5.74) is 2.74. The van der Waals surface area contributed by atoms with Crippen LogP contribution in [-0.4, -0.2) is 34.0 Å².